The summed E-state index contributed by atoms with van der Waals surface area (Å²) in [6, 6.07) is 20.7. The Morgan fingerprint density at radius 1 is 1.15 bits per heavy atom. The van der Waals surface area contributed by atoms with Crippen LogP contribution in [0.2, 0.25) is 0 Å². The lowest BCUT2D eigenvalue weighted by molar-refractivity contribution is -0.385. The first-order valence-electron chi connectivity index (χ1n) is 12.6. The lowest BCUT2D eigenvalue weighted by Gasteiger charge is -2.26. The summed E-state index contributed by atoms with van der Waals surface area (Å²) in [4.78, 5) is 44.8. The van der Waals surface area contributed by atoms with Gasteiger partial charge in [-0.15, -0.1) is 11.8 Å². The number of carbonyl (C=O) groups excluding carboxylic acids is 1. The van der Waals surface area contributed by atoms with Crippen LogP contribution in [0.3, 0.4) is 0 Å². The van der Waals surface area contributed by atoms with Crippen molar-refractivity contribution in [2.45, 2.75) is 17.9 Å². The monoisotopic (exact) mass is 587 g/mol. The van der Waals surface area contributed by atoms with Crippen LogP contribution in [0.15, 0.2) is 93.1 Å². The number of ether oxygens (including phenoxy) is 2. The van der Waals surface area contributed by atoms with Crippen LogP contribution in [0.25, 0.3) is 11.8 Å². The minimum absolute atomic E-state index is 0.119. The first-order valence-corrected chi connectivity index (χ1v) is 14.6. The zero-order valence-corrected chi connectivity index (χ0v) is 24.0. The predicted molar refractivity (Wildman–Crippen MR) is 159 cm³/mol. The highest BCUT2D eigenvalue weighted by Crippen LogP contribution is 2.36. The second-order valence-corrected chi connectivity index (χ2v) is 10.8. The SMILES string of the molecule is CCOC(=O)C1=C(c2ccccc2)N=c2s/c(=C\c3ccc(OC)c([N+](=O)[O-])c3)c(=O)n2[C@@H]1c1ccc(SC)cc1. The molecule has 0 amide bonds. The summed E-state index contributed by atoms with van der Waals surface area (Å²) in [7, 11) is 1.36. The fourth-order valence-corrected chi connectivity index (χ4v) is 6.04. The Morgan fingerprint density at radius 2 is 1.88 bits per heavy atom. The molecule has 3 aromatic carbocycles. The van der Waals surface area contributed by atoms with Gasteiger partial charge in [0, 0.05) is 16.5 Å². The van der Waals surface area contributed by atoms with Gasteiger partial charge in [0.25, 0.3) is 5.56 Å². The third kappa shape index (κ3) is 5.46. The zero-order valence-electron chi connectivity index (χ0n) is 22.4. The number of carbonyl (C=O) groups is 1. The van der Waals surface area contributed by atoms with Gasteiger partial charge in [0.15, 0.2) is 10.6 Å². The molecule has 41 heavy (non-hydrogen) atoms. The number of benzene rings is 3. The number of aromatic nitrogens is 1. The third-order valence-electron chi connectivity index (χ3n) is 6.50. The van der Waals surface area contributed by atoms with Crippen LogP contribution in [0.1, 0.15) is 29.7 Å². The van der Waals surface area contributed by atoms with Crippen LogP contribution in [0, 0.1) is 10.1 Å². The molecule has 0 radical (unpaired) electrons. The van der Waals surface area contributed by atoms with Crippen LogP contribution in [-0.2, 0) is 9.53 Å². The van der Waals surface area contributed by atoms with Crippen molar-refractivity contribution in [1.82, 2.24) is 4.57 Å². The molecule has 0 unspecified atom stereocenters. The van der Waals surface area contributed by atoms with Crippen molar-refractivity contribution in [2.75, 3.05) is 20.0 Å². The summed E-state index contributed by atoms with van der Waals surface area (Å²) in [5, 5.41) is 11.6. The summed E-state index contributed by atoms with van der Waals surface area (Å²) in [5.41, 5.74) is 1.99. The van der Waals surface area contributed by atoms with Crippen LogP contribution in [0.4, 0.5) is 5.69 Å². The van der Waals surface area contributed by atoms with Gasteiger partial charge in [0.1, 0.15) is 0 Å². The molecule has 1 aromatic heterocycles. The lowest BCUT2D eigenvalue weighted by Crippen LogP contribution is -2.40. The summed E-state index contributed by atoms with van der Waals surface area (Å²) in [6.07, 6.45) is 3.55. The van der Waals surface area contributed by atoms with Crippen LogP contribution in [-0.4, -0.2) is 35.4 Å². The first kappa shape index (κ1) is 28.1. The largest absolute Gasteiger partial charge is 0.490 e. The quantitative estimate of drug-likeness (QED) is 0.128. The molecule has 5 rings (SSSR count). The number of methoxy groups -OCH3 is 1. The van der Waals surface area contributed by atoms with Gasteiger partial charge in [0.05, 0.1) is 40.5 Å². The molecule has 1 aliphatic heterocycles. The van der Waals surface area contributed by atoms with E-state index in [2.05, 4.69) is 0 Å². The van der Waals surface area contributed by atoms with E-state index < -0.39 is 16.9 Å². The predicted octanol–water partition coefficient (Wildman–Crippen LogP) is 4.57. The Hall–Kier alpha value is -4.48. The maximum atomic E-state index is 14.0. The Labute approximate surface area is 243 Å². The van der Waals surface area contributed by atoms with Gasteiger partial charge in [0.2, 0.25) is 0 Å². The number of hydrogen-bond acceptors (Lipinski definition) is 9. The Morgan fingerprint density at radius 3 is 2.51 bits per heavy atom. The maximum Gasteiger partial charge on any atom is 0.338 e. The molecule has 0 saturated heterocycles. The molecule has 1 aliphatic rings. The van der Waals surface area contributed by atoms with Crippen molar-refractivity contribution >= 4 is 46.5 Å². The molecule has 2 heterocycles. The number of nitro benzene ring substituents is 1. The van der Waals surface area contributed by atoms with Crippen molar-refractivity contribution in [1.29, 1.82) is 0 Å². The van der Waals surface area contributed by atoms with E-state index in [1.807, 2.05) is 60.9 Å². The molecule has 0 bridgehead atoms. The van der Waals surface area contributed by atoms with Gasteiger partial charge in [-0.05, 0) is 48.6 Å². The van der Waals surface area contributed by atoms with E-state index >= 15 is 0 Å². The van der Waals surface area contributed by atoms with Gasteiger partial charge in [-0.25, -0.2) is 9.79 Å². The molecule has 0 fully saturated rings. The fraction of sp³-hybridized carbons (Fsp3) is 0.167. The van der Waals surface area contributed by atoms with Gasteiger partial charge in [-0.1, -0.05) is 59.9 Å². The fourth-order valence-electron chi connectivity index (χ4n) is 4.63. The van der Waals surface area contributed by atoms with E-state index in [1.54, 1.807) is 30.8 Å². The minimum Gasteiger partial charge on any atom is -0.490 e. The molecule has 208 valence electrons. The Bertz CT molecular complexity index is 1840. The smallest absolute Gasteiger partial charge is 0.338 e. The van der Waals surface area contributed by atoms with Crippen molar-refractivity contribution in [3.8, 4) is 5.75 Å². The van der Waals surface area contributed by atoms with E-state index in [-0.39, 0.29) is 29.2 Å². The molecule has 0 N–H and O–H groups in total. The highest BCUT2D eigenvalue weighted by molar-refractivity contribution is 7.98. The molecule has 4 aromatic rings. The maximum absolute atomic E-state index is 14.0. The molecular weight excluding hydrogens is 562 g/mol. The number of nitrogens with zero attached hydrogens (tertiary/aromatic N) is 3. The lowest BCUT2D eigenvalue weighted by atomic mass is 9.93. The average molecular weight is 588 g/mol. The Kier molecular flexibility index (Phi) is 8.18. The molecule has 0 aliphatic carbocycles. The van der Waals surface area contributed by atoms with Gasteiger partial charge < -0.3 is 9.47 Å². The average Bonchev–Trinajstić information content (AvgIpc) is 3.30. The normalized spacial score (nSPS) is 14.8. The molecule has 0 saturated carbocycles. The highest BCUT2D eigenvalue weighted by atomic mass is 32.2. The highest BCUT2D eigenvalue weighted by Gasteiger charge is 2.35. The van der Waals surface area contributed by atoms with Gasteiger partial charge in [-0.3, -0.25) is 19.5 Å². The molecule has 11 heteroatoms. The van der Waals surface area contributed by atoms with E-state index in [0.29, 0.717) is 26.2 Å². The number of thiazole rings is 1. The van der Waals surface area contributed by atoms with Crippen molar-refractivity contribution in [3.05, 3.63) is 125 Å². The summed E-state index contributed by atoms with van der Waals surface area (Å²) >= 11 is 2.74. The topological polar surface area (TPSA) is 113 Å². The standard InChI is InChI=1S/C30H25N3O6S2/c1-4-39-29(35)25-26(19-8-6-5-7-9-19)31-30-32(27(25)20-11-13-21(40-3)14-12-20)28(34)24(41-30)17-18-10-15-23(38-2)22(16-18)33(36)37/h5-17,27H,4H2,1-3H3/b24-17-/t27-/m1/s1. The number of fused-ring (bicyclic) bond motifs is 1. The van der Waals surface area contributed by atoms with Crippen molar-refractivity contribution in [2.24, 2.45) is 4.99 Å². The first-order chi connectivity index (χ1) is 19.9. The number of esters is 1. The van der Waals surface area contributed by atoms with E-state index in [1.165, 1.54) is 23.8 Å². The van der Waals surface area contributed by atoms with Crippen LogP contribution < -0.4 is 19.6 Å². The molecule has 9 nitrogen and oxygen atoms in total. The molecular formula is C30H25N3O6S2. The molecule has 0 spiro atoms. The summed E-state index contributed by atoms with van der Waals surface area (Å²) in [6.45, 7) is 1.88. The number of nitro groups is 1. The van der Waals surface area contributed by atoms with Gasteiger partial charge in [-0.2, -0.15) is 0 Å². The Balaban J connectivity index is 1.79. The number of rotatable bonds is 8. The number of thioether (sulfide) groups is 1. The second kappa shape index (κ2) is 11.9. The zero-order chi connectivity index (χ0) is 29.1. The third-order valence-corrected chi connectivity index (χ3v) is 8.23. The van der Waals surface area contributed by atoms with E-state index in [9.17, 15) is 19.7 Å². The second-order valence-electron chi connectivity index (χ2n) is 8.89. The minimum atomic E-state index is -0.802. The van der Waals surface area contributed by atoms with Crippen molar-refractivity contribution < 1.29 is 19.2 Å². The van der Waals surface area contributed by atoms with Crippen LogP contribution in [0.5, 0.6) is 5.75 Å². The molecule has 1 atom stereocenters. The van der Waals surface area contributed by atoms with Gasteiger partial charge >= 0.3 is 11.7 Å². The van der Waals surface area contributed by atoms with Crippen molar-refractivity contribution in [3.63, 3.8) is 0 Å². The van der Waals surface area contributed by atoms with Crippen LogP contribution >= 0.6 is 23.1 Å². The van der Waals surface area contributed by atoms with E-state index in [0.717, 1.165) is 21.8 Å². The van der Waals surface area contributed by atoms with E-state index in [4.69, 9.17) is 14.5 Å². The summed E-state index contributed by atoms with van der Waals surface area (Å²) in [5.74, 6) is -0.442. The summed E-state index contributed by atoms with van der Waals surface area (Å²) < 4.78 is 12.4. The number of hydrogen-bond donors (Lipinski definition) is 0.